The van der Waals surface area contributed by atoms with Crippen LogP contribution in [0.2, 0.25) is 0 Å². The molecule has 1 rings (SSSR count). The van der Waals surface area contributed by atoms with E-state index in [9.17, 15) is 10.1 Å². The molecule has 7 heteroatoms. The maximum Gasteiger partial charge on any atom is 0.366 e. The number of hydrogen-bond donors (Lipinski definition) is 3. The summed E-state index contributed by atoms with van der Waals surface area (Å²) < 4.78 is 0. The van der Waals surface area contributed by atoms with Gasteiger partial charge in [0.05, 0.1) is 0 Å². The average Bonchev–Trinajstić information content (AvgIpc) is 2.53. The highest BCUT2D eigenvalue weighted by Crippen LogP contribution is 2.19. The van der Waals surface area contributed by atoms with Gasteiger partial charge in [-0.05, 0) is 11.3 Å². The fourth-order valence-corrected chi connectivity index (χ4v) is 0.850. The molecule has 0 spiro atoms. The standard InChI is InChI=1S/C6H10N4O3/c11-3-1-2-7-5-4-8-9-6(5)10(12)13/h4,7,11H,1-3H2,(H,8,9). The quantitative estimate of drug-likeness (QED) is 0.344. The van der Waals surface area contributed by atoms with Crippen molar-refractivity contribution in [3.63, 3.8) is 0 Å². The molecule has 0 aliphatic carbocycles. The molecule has 0 saturated carbocycles. The van der Waals surface area contributed by atoms with Gasteiger partial charge in [-0.2, -0.15) is 0 Å². The molecule has 0 amide bonds. The second-order valence-corrected chi connectivity index (χ2v) is 2.39. The van der Waals surface area contributed by atoms with Crippen LogP contribution in [0.4, 0.5) is 11.5 Å². The zero-order valence-corrected chi connectivity index (χ0v) is 6.86. The number of anilines is 1. The van der Waals surface area contributed by atoms with Gasteiger partial charge in [0, 0.05) is 13.2 Å². The van der Waals surface area contributed by atoms with Gasteiger partial charge in [0.1, 0.15) is 6.20 Å². The van der Waals surface area contributed by atoms with E-state index >= 15 is 0 Å². The number of nitro groups is 1. The molecule has 0 aliphatic heterocycles. The number of nitrogens with one attached hydrogen (secondary N) is 2. The summed E-state index contributed by atoms with van der Waals surface area (Å²) in [5.74, 6) is -0.155. The van der Waals surface area contributed by atoms with E-state index in [4.69, 9.17) is 5.11 Å². The molecule has 0 aliphatic rings. The van der Waals surface area contributed by atoms with Crippen molar-refractivity contribution in [1.82, 2.24) is 10.2 Å². The second kappa shape index (κ2) is 4.41. The van der Waals surface area contributed by atoms with Gasteiger partial charge < -0.3 is 20.5 Å². The highest BCUT2D eigenvalue weighted by Gasteiger charge is 2.13. The van der Waals surface area contributed by atoms with E-state index in [0.29, 0.717) is 18.7 Å². The first-order chi connectivity index (χ1) is 6.25. The van der Waals surface area contributed by atoms with Gasteiger partial charge in [-0.3, -0.25) is 0 Å². The third-order valence-electron chi connectivity index (χ3n) is 1.45. The summed E-state index contributed by atoms with van der Waals surface area (Å²) in [5, 5.41) is 27.4. The fraction of sp³-hybridized carbons (Fsp3) is 0.500. The topological polar surface area (TPSA) is 104 Å². The molecular formula is C6H10N4O3. The van der Waals surface area contributed by atoms with Crippen molar-refractivity contribution in [1.29, 1.82) is 0 Å². The highest BCUT2D eigenvalue weighted by molar-refractivity contribution is 5.55. The molecule has 1 heterocycles. The minimum absolute atomic E-state index is 0.0542. The molecular weight excluding hydrogens is 176 g/mol. The van der Waals surface area contributed by atoms with Crippen LogP contribution in [0.1, 0.15) is 6.42 Å². The summed E-state index contributed by atoms with van der Waals surface area (Å²) in [5.41, 5.74) is 0.346. The molecule has 1 aromatic rings. The van der Waals surface area contributed by atoms with Crippen molar-refractivity contribution >= 4 is 11.5 Å². The van der Waals surface area contributed by atoms with E-state index in [1.165, 1.54) is 6.20 Å². The SMILES string of the molecule is O=[N+]([O-])c1[nH]ncc1NCCCO. The number of rotatable bonds is 5. The zero-order chi connectivity index (χ0) is 9.68. The van der Waals surface area contributed by atoms with Gasteiger partial charge in [0.25, 0.3) is 0 Å². The first kappa shape index (κ1) is 9.46. The minimum atomic E-state index is -0.547. The minimum Gasteiger partial charge on any atom is -0.396 e. The predicted octanol–water partition coefficient (Wildman–Crippen LogP) is 0.112. The Kier molecular flexibility index (Phi) is 3.21. The monoisotopic (exact) mass is 186 g/mol. The van der Waals surface area contributed by atoms with E-state index in [2.05, 4.69) is 15.5 Å². The Morgan fingerprint density at radius 1 is 1.77 bits per heavy atom. The van der Waals surface area contributed by atoms with Gasteiger partial charge in [0.2, 0.25) is 0 Å². The van der Waals surface area contributed by atoms with Gasteiger partial charge in [-0.25, -0.2) is 0 Å². The zero-order valence-electron chi connectivity index (χ0n) is 6.86. The van der Waals surface area contributed by atoms with Crippen molar-refractivity contribution in [2.75, 3.05) is 18.5 Å². The summed E-state index contributed by atoms with van der Waals surface area (Å²) >= 11 is 0. The molecule has 13 heavy (non-hydrogen) atoms. The molecule has 7 nitrogen and oxygen atoms in total. The van der Waals surface area contributed by atoms with E-state index < -0.39 is 4.92 Å². The van der Waals surface area contributed by atoms with Gasteiger partial charge >= 0.3 is 5.82 Å². The Bertz CT molecular complexity index is 285. The highest BCUT2D eigenvalue weighted by atomic mass is 16.6. The van der Waals surface area contributed by atoms with E-state index in [1.54, 1.807) is 0 Å². The number of aromatic amines is 1. The van der Waals surface area contributed by atoms with Crippen LogP contribution in [-0.4, -0.2) is 33.4 Å². The fourth-order valence-electron chi connectivity index (χ4n) is 0.850. The van der Waals surface area contributed by atoms with Crippen molar-refractivity contribution in [2.45, 2.75) is 6.42 Å². The molecule has 0 atom stereocenters. The van der Waals surface area contributed by atoms with Crippen LogP contribution in [-0.2, 0) is 0 Å². The molecule has 0 saturated heterocycles. The number of aliphatic hydroxyl groups is 1. The smallest absolute Gasteiger partial charge is 0.366 e. The molecule has 3 N–H and O–H groups in total. The van der Waals surface area contributed by atoms with Crippen LogP contribution in [0.15, 0.2) is 6.20 Å². The molecule has 1 aromatic heterocycles. The normalized spacial score (nSPS) is 9.92. The lowest BCUT2D eigenvalue weighted by Crippen LogP contribution is -2.04. The predicted molar refractivity (Wildman–Crippen MR) is 45.4 cm³/mol. The third-order valence-corrected chi connectivity index (χ3v) is 1.45. The summed E-state index contributed by atoms with van der Waals surface area (Å²) in [6.07, 6.45) is 1.89. The molecule has 0 bridgehead atoms. The second-order valence-electron chi connectivity index (χ2n) is 2.39. The van der Waals surface area contributed by atoms with Gasteiger partial charge in [-0.1, -0.05) is 5.10 Å². The summed E-state index contributed by atoms with van der Waals surface area (Å²) in [7, 11) is 0. The van der Waals surface area contributed by atoms with E-state index in [1.807, 2.05) is 0 Å². The van der Waals surface area contributed by atoms with Crippen LogP contribution < -0.4 is 5.32 Å². The largest absolute Gasteiger partial charge is 0.396 e. The van der Waals surface area contributed by atoms with Crippen LogP contribution in [0, 0.1) is 10.1 Å². The van der Waals surface area contributed by atoms with Gasteiger partial charge in [0.15, 0.2) is 5.69 Å². The van der Waals surface area contributed by atoms with Crippen LogP contribution in [0.5, 0.6) is 0 Å². The van der Waals surface area contributed by atoms with E-state index in [-0.39, 0.29) is 12.4 Å². The molecule has 0 unspecified atom stereocenters. The lowest BCUT2D eigenvalue weighted by Gasteiger charge is -2.00. The number of aromatic nitrogens is 2. The van der Waals surface area contributed by atoms with E-state index in [0.717, 1.165) is 0 Å². The average molecular weight is 186 g/mol. The summed E-state index contributed by atoms with van der Waals surface area (Å²) in [6.45, 7) is 0.537. The van der Waals surface area contributed by atoms with Crippen LogP contribution in [0.25, 0.3) is 0 Å². The Morgan fingerprint density at radius 2 is 2.54 bits per heavy atom. The Balaban J connectivity index is 2.55. The van der Waals surface area contributed by atoms with Crippen LogP contribution >= 0.6 is 0 Å². The first-order valence-electron chi connectivity index (χ1n) is 3.78. The Morgan fingerprint density at radius 3 is 3.15 bits per heavy atom. The maximum absolute atomic E-state index is 10.4. The van der Waals surface area contributed by atoms with Crippen molar-refractivity contribution in [3.05, 3.63) is 16.3 Å². The first-order valence-corrected chi connectivity index (χ1v) is 3.78. The number of hydrogen-bond acceptors (Lipinski definition) is 5. The molecule has 0 aromatic carbocycles. The van der Waals surface area contributed by atoms with Crippen molar-refractivity contribution in [2.24, 2.45) is 0 Å². The van der Waals surface area contributed by atoms with Crippen LogP contribution in [0.3, 0.4) is 0 Å². The molecule has 72 valence electrons. The maximum atomic E-state index is 10.4. The number of H-pyrrole nitrogens is 1. The Hall–Kier alpha value is -1.63. The molecule has 0 fully saturated rings. The Labute approximate surface area is 73.9 Å². The number of nitrogens with zero attached hydrogens (tertiary/aromatic N) is 2. The summed E-state index contributed by atoms with van der Waals surface area (Å²) in [4.78, 5) is 9.81. The molecule has 0 radical (unpaired) electrons. The lowest BCUT2D eigenvalue weighted by atomic mass is 10.4. The van der Waals surface area contributed by atoms with Gasteiger partial charge in [-0.15, -0.1) is 5.10 Å². The lowest BCUT2D eigenvalue weighted by molar-refractivity contribution is -0.388. The van der Waals surface area contributed by atoms with Crippen molar-refractivity contribution < 1.29 is 10.0 Å². The number of aliphatic hydroxyl groups excluding tert-OH is 1. The third kappa shape index (κ3) is 2.41. The van der Waals surface area contributed by atoms with Crippen molar-refractivity contribution in [3.8, 4) is 0 Å². The summed E-state index contributed by atoms with van der Waals surface area (Å²) in [6, 6.07) is 0.